The van der Waals surface area contributed by atoms with Gasteiger partial charge in [-0.25, -0.2) is 8.42 Å². The first-order chi connectivity index (χ1) is 10.6. The van der Waals surface area contributed by atoms with Gasteiger partial charge in [0, 0.05) is 22.3 Å². The minimum Gasteiger partial charge on any atom is -0.455 e. The Morgan fingerprint density at radius 2 is 1.09 bits per heavy atom. The Balaban J connectivity index is 1.96. The molecule has 3 aromatic rings. The van der Waals surface area contributed by atoms with Crippen molar-refractivity contribution in [2.24, 2.45) is 0 Å². The van der Waals surface area contributed by atoms with E-state index in [9.17, 15) is 8.42 Å². The lowest BCUT2D eigenvalue weighted by atomic mass is 10.0. The van der Waals surface area contributed by atoms with Crippen LogP contribution >= 0.6 is 0 Å². The van der Waals surface area contributed by atoms with Crippen molar-refractivity contribution >= 4 is 9.84 Å². The average molecular weight is 310 g/mol. The lowest BCUT2D eigenvalue weighted by molar-refractivity contribution is 0.582. The minimum absolute atomic E-state index is 0.0584. The molecule has 3 nitrogen and oxygen atoms in total. The summed E-state index contributed by atoms with van der Waals surface area (Å²) in [6.07, 6.45) is 0. The zero-order valence-corrected chi connectivity index (χ0v) is 12.6. The highest BCUT2D eigenvalue weighted by atomic mass is 32.2. The van der Waals surface area contributed by atoms with Crippen molar-refractivity contribution in [2.45, 2.75) is 11.5 Å². The Morgan fingerprint density at radius 1 is 0.682 bits per heavy atom. The molecular weight excluding hydrogens is 296 g/mol. The molecule has 0 N–H and O–H groups in total. The monoisotopic (exact) mass is 310 g/mol. The Hall–Kier alpha value is -2.33. The van der Waals surface area contributed by atoms with Crippen LogP contribution in [-0.4, -0.2) is 8.42 Å². The van der Waals surface area contributed by atoms with Crippen LogP contribution in [0.2, 0.25) is 0 Å². The maximum atomic E-state index is 12.1. The maximum Gasteiger partial charge on any atom is 0.158 e. The molecule has 0 spiro atoms. The number of sulfone groups is 1. The summed E-state index contributed by atoms with van der Waals surface area (Å²) in [5.41, 5.74) is 3.45. The van der Waals surface area contributed by atoms with Gasteiger partial charge in [0.25, 0.3) is 0 Å². The zero-order chi connectivity index (χ0) is 15.2. The third-order valence-corrected chi connectivity index (χ3v) is 5.37. The van der Waals surface area contributed by atoms with Crippen molar-refractivity contribution < 1.29 is 12.8 Å². The second kappa shape index (κ2) is 4.85. The van der Waals surface area contributed by atoms with Gasteiger partial charge in [-0.05, 0) is 0 Å². The van der Waals surface area contributed by atoms with E-state index in [0.717, 1.165) is 22.3 Å². The van der Waals surface area contributed by atoms with Gasteiger partial charge in [-0.3, -0.25) is 0 Å². The molecule has 2 heterocycles. The van der Waals surface area contributed by atoms with E-state index in [-0.39, 0.29) is 11.5 Å². The molecule has 2 aromatic carbocycles. The molecule has 0 saturated carbocycles. The second-order valence-corrected chi connectivity index (χ2v) is 7.55. The van der Waals surface area contributed by atoms with E-state index < -0.39 is 9.84 Å². The Bertz CT molecular complexity index is 853. The van der Waals surface area contributed by atoms with Gasteiger partial charge in [-0.1, -0.05) is 60.7 Å². The van der Waals surface area contributed by atoms with E-state index in [4.69, 9.17) is 4.42 Å². The molecule has 4 rings (SSSR count). The van der Waals surface area contributed by atoms with Crippen LogP contribution in [0.15, 0.2) is 65.1 Å². The molecule has 0 radical (unpaired) electrons. The number of fused-ring (bicyclic) bond motifs is 1. The summed E-state index contributed by atoms with van der Waals surface area (Å²) in [4.78, 5) is 0. The van der Waals surface area contributed by atoms with E-state index in [2.05, 4.69) is 0 Å². The first kappa shape index (κ1) is 13.3. The standard InChI is InChI=1S/C18H14O3S/c19-22(20)11-15-16(12-22)18(14-9-5-2-6-10-14)21-17(15)13-7-3-1-4-8-13/h1-10H,11-12H2. The summed E-state index contributed by atoms with van der Waals surface area (Å²) in [6.45, 7) is 0. The van der Waals surface area contributed by atoms with E-state index in [0.29, 0.717) is 11.5 Å². The van der Waals surface area contributed by atoms with Gasteiger partial charge >= 0.3 is 0 Å². The Kier molecular flexibility index (Phi) is 2.94. The normalized spacial score (nSPS) is 15.6. The average Bonchev–Trinajstić information content (AvgIpc) is 3.02. The van der Waals surface area contributed by atoms with Gasteiger partial charge in [0.1, 0.15) is 11.5 Å². The first-order valence-corrected chi connectivity index (χ1v) is 8.92. The van der Waals surface area contributed by atoms with Crippen molar-refractivity contribution in [3.63, 3.8) is 0 Å². The molecule has 110 valence electrons. The smallest absolute Gasteiger partial charge is 0.158 e. The van der Waals surface area contributed by atoms with Gasteiger partial charge in [0.2, 0.25) is 0 Å². The van der Waals surface area contributed by atoms with Gasteiger partial charge in [-0.15, -0.1) is 0 Å². The van der Waals surface area contributed by atoms with E-state index in [1.54, 1.807) is 0 Å². The summed E-state index contributed by atoms with van der Waals surface area (Å²) in [5, 5.41) is 0. The molecule has 0 amide bonds. The van der Waals surface area contributed by atoms with Crippen molar-refractivity contribution in [1.82, 2.24) is 0 Å². The van der Waals surface area contributed by atoms with Crippen LogP contribution in [0.4, 0.5) is 0 Å². The topological polar surface area (TPSA) is 47.3 Å². The number of furan rings is 1. The lowest BCUT2D eigenvalue weighted by Gasteiger charge is -2.01. The van der Waals surface area contributed by atoms with Crippen LogP contribution < -0.4 is 0 Å². The highest BCUT2D eigenvalue weighted by molar-refractivity contribution is 7.90. The predicted octanol–water partition coefficient (Wildman–Crippen LogP) is 4.04. The largest absolute Gasteiger partial charge is 0.455 e. The molecule has 0 saturated heterocycles. The first-order valence-electron chi connectivity index (χ1n) is 7.10. The molecule has 0 atom stereocenters. The molecule has 0 unspecified atom stereocenters. The number of hydrogen-bond donors (Lipinski definition) is 0. The van der Waals surface area contributed by atoms with E-state index in [1.165, 1.54) is 0 Å². The molecular formula is C18H14O3S. The molecule has 0 aliphatic carbocycles. The molecule has 0 bridgehead atoms. The van der Waals surface area contributed by atoms with Crippen LogP contribution in [0.3, 0.4) is 0 Å². The van der Waals surface area contributed by atoms with Crippen molar-refractivity contribution in [3.8, 4) is 22.6 Å². The fourth-order valence-corrected chi connectivity index (χ4v) is 4.53. The van der Waals surface area contributed by atoms with Gasteiger partial charge < -0.3 is 4.42 Å². The third kappa shape index (κ3) is 2.16. The van der Waals surface area contributed by atoms with Crippen LogP contribution in [0, 0.1) is 0 Å². The summed E-state index contributed by atoms with van der Waals surface area (Å²) >= 11 is 0. The molecule has 0 fully saturated rings. The quantitative estimate of drug-likeness (QED) is 0.717. The van der Waals surface area contributed by atoms with Crippen molar-refractivity contribution in [3.05, 3.63) is 71.8 Å². The third-order valence-electron chi connectivity index (χ3n) is 3.92. The van der Waals surface area contributed by atoms with Crippen LogP contribution in [-0.2, 0) is 21.3 Å². The van der Waals surface area contributed by atoms with E-state index >= 15 is 0 Å². The summed E-state index contributed by atoms with van der Waals surface area (Å²) in [6, 6.07) is 19.3. The second-order valence-electron chi connectivity index (χ2n) is 5.48. The lowest BCUT2D eigenvalue weighted by Crippen LogP contribution is -1.97. The van der Waals surface area contributed by atoms with Gasteiger partial charge in [-0.2, -0.15) is 0 Å². The SMILES string of the molecule is O=S1(=O)Cc2c(-c3ccccc3)oc(-c3ccccc3)c2C1. The molecule has 1 aromatic heterocycles. The number of hydrogen-bond acceptors (Lipinski definition) is 3. The molecule has 4 heteroatoms. The fraction of sp³-hybridized carbons (Fsp3) is 0.111. The molecule has 1 aliphatic rings. The Morgan fingerprint density at radius 3 is 1.50 bits per heavy atom. The fourth-order valence-electron chi connectivity index (χ4n) is 2.94. The predicted molar refractivity (Wildman–Crippen MR) is 85.9 cm³/mol. The van der Waals surface area contributed by atoms with Crippen LogP contribution in [0.25, 0.3) is 22.6 Å². The van der Waals surface area contributed by atoms with Crippen LogP contribution in [0.5, 0.6) is 0 Å². The van der Waals surface area contributed by atoms with Crippen LogP contribution in [0.1, 0.15) is 11.1 Å². The summed E-state index contributed by atoms with van der Waals surface area (Å²) in [5.74, 6) is 1.47. The zero-order valence-electron chi connectivity index (χ0n) is 11.8. The van der Waals surface area contributed by atoms with Crippen molar-refractivity contribution in [2.75, 3.05) is 0 Å². The summed E-state index contributed by atoms with van der Waals surface area (Å²) in [7, 11) is -3.08. The van der Waals surface area contributed by atoms with Gasteiger partial charge in [0.15, 0.2) is 9.84 Å². The highest BCUT2D eigenvalue weighted by Gasteiger charge is 2.34. The number of benzene rings is 2. The molecule has 1 aliphatic heterocycles. The molecule has 22 heavy (non-hydrogen) atoms. The minimum atomic E-state index is -3.08. The maximum absolute atomic E-state index is 12.1. The number of rotatable bonds is 2. The van der Waals surface area contributed by atoms with Crippen molar-refractivity contribution in [1.29, 1.82) is 0 Å². The van der Waals surface area contributed by atoms with E-state index in [1.807, 2.05) is 60.7 Å². The Labute approximate surface area is 129 Å². The van der Waals surface area contributed by atoms with Gasteiger partial charge in [0.05, 0.1) is 11.5 Å². The highest BCUT2D eigenvalue weighted by Crippen LogP contribution is 2.42. The summed E-state index contributed by atoms with van der Waals surface area (Å²) < 4.78 is 30.2.